The molecule has 0 spiro atoms. The highest BCUT2D eigenvalue weighted by molar-refractivity contribution is 7.35. The molecule has 12 rings (SSSR count). The van der Waals surface area contributed by atoms with Gasteiger partial charge in [0.25, 0.3) is 0 Å². The van der Waals surface area contributed by atoms with Gasteiger partial charge < -0.3 is 37.6 Å². The van der Waals surface area contributed by atoms with Gasteiger partial charge in [0.1, 0.15) is 59.7 Å². The third kappa shape index (κ3) is 11.8. The Morgan fingerprint density at radius 1 is 0.516 bits per heavy atom. The van der Waals surface area contributed by atoms with Gasteiger partial charge in [-0.2, -0.15) is 29.8 Å². The van der Waals surface area contributed by atoms with E-state index >= 15 is 8.78 Å². The van der Waals surface area contributed by atoms with Crippen molar-refractivity contribution in [3.05, 3.63) is 102 Å². The van der Waals surface area contributed by atoms with Gasteiger partial charge in [-0.25, -0.2) is 17.6 Å². The van der Waals surface area contributed by atoms with Crippen molar-refractivity contribution in [2.75, 3.05) is 67.1 Å². The van der Waals surface area contributed by atoms with Crippen LogP contribution in [0.3, 0.4) is 0 Å². The SMILES string of the molecule is CCCCC(CC)Cn1c2c3sc(/C=C4\C(=O)c5cc(F)c(F)cc5C4=C(C#N)C#N)c(OCCOCCOC)c3sc2c2c3nsnc3c3c4sc5c(OCCOCCOC)c(/C=C6\C(=O)c7cc(F)c(F)cc7C6=C(C#N)C#N)sc5c4n(CC(CC)CCCC)c3c21. The minimum Gasteiger partial charge on any atom is -0.488 e. The first-order valence-electron chi connectivity index (χ1n) is 31.3. The Labute approximate surface area is 563 Å². The summed E-state index contributed by atoms with van der Waals surface area (Å²) in [5.74, 6) is -5.17. The Kier molecular flexibility index (Phi) is 20.1. The van der Waals surface area contributed by atoms with E-state index in [-0.39, 0.29) is 82.8 Å². The topological polar surface area (TPSA) is 220 Å². The summed E-state index contributed by atoms with van der Waals surface area (Å²) >= 11 is 6.87. The van der Waals surface area contributed by atoms with E-state index in [9.17, 15) is 39.4 Å². The number of nitriles is 4. The standard InChI is InChI=1S/C70H62F4N8O8S5/c1-7-11-13-35(9-3)33-81-57-53(65-59(81)67-69(93-65)63(89-21-19-87-17-15-85-5)49(91-67)27-43-51(37(29-75)30-76)39-23-45(71)47(73)25-41(39)61(43)83)55-56(80-95-79-55)54-58(57)82(34-36(10-4)14-12-8-2)60-66(54)94-70-64(90-22-20-88-18-16-86-6)50(92-68(60)70)28-44-52(38(31-77)32-78)40-24-46(72)48(74)26-42(40)62(44)84/h23-28,35-36H,7-22,33-34H2,1-6H3/b43-27-,44-28-. The molecule has 0 fully saturated rings. The van der Waals surface area contributed by atoms with Crippen molar-refractivity contribution in [2.45, 2.75) is 92.2 Å². The number of hydrogen-bond acceptors (Lipinski definition) is 19. The summed E-state index contributed by atoms with van der Waals surface area (Å²) in [6.45, 7) is 11.8. The van der Waals surface area contributed by atoms with Gasteiger partial charge in [-0.3, -0.25) is 9.59 Å². The number of ketones is 2. The lowest BCUT2D eigenvalue weighted by molar-refractivity contribution is 0.0547. The van der Waals surface area contributed by atoms with Gasteiger partial charge in [0.15, 0.2) is 46.3 Å². The highest BCUT2D eigenvalue weighted by atomic mass is 32.1. The Hall–Kier alpha value is -8.18. The first kappa shape index (κ1) is 66.8. The van der Waals surface area contributed by atoms with Crippen molar-refractivity contribution in [1.29, 1.82) is 21.0 Å². The van der Waals surface area contributed by atoms with Crippen LogP contribution in [-0.4, -0.2) is 96.5 Å². The van der Waals surface area contributed by atoms with Crippen molar-refractivity contribution in [3.63, 3.8) is 0 Å². The minimum absolute atomic E-state index is 0.0691. The predicted molar refractivity (Wildman–Crippen MR) is 367 cm³/mol. The van der Waals surface area contributed by atoms with Crippen LogP contribution in [0.5, 0.6) is 11.5 Å². The zero-order valence-electron chi connectivity index (χ0n) is 52.7. The maximum Gasteiger partial charge on any atom is 0.194 e. The molecule has 488 valence electrons. The largest absolute Gasteiger partial charge is 0.488 e. The summed E-state index contributed by atoms with van der Waals surface area (Å²) in [6.07, 6.45) is 10.6. The second kappa shape index (κ2) is 28.6. The number of benzene rings is 3. The normalized spacial score (nSPS) is 14.6. The molecule has 2 aliphatic rings. The average molecular weight is 1380 g/mol. The predicted octanol–water partition coefficient (Wildman–Crippen LogP) is 17.7. The number of halogens is 4. The zero-order chi connectivity index (χ0) is 66.9. The first-order chi connectivity index (χ1) is 46.2. The number of rotatable bonds is 28. The van der Waals surface area contributed by atoms with Crippen LogP contribution >= 0.6 is 57.1 Å². The van der Waals surface area contributed by atoms with Crippen LogP contribution in [-0.2, 0) is 32.0 Å². The van der Waals surface area contributed by atoms with Gasteiger partial charge in [-0.1, -0.05) is 66.2 Å². The minimum atomic E-state index is -1.25. The van der Waals surface area contributed by atoms with Gasteiger partial charge in [0.05, 0.1) is 111 Å². The molecule has 2 atom stereocenters. The van der Waals surface area contributed by atoms with Crippen LogP contribution in [0.4, 0.5) is 17.6 Å². The molecule has 0 saturated carbocycles. The number of fused-ring (bicyclic) bond motifs is 16. The number of nitrogens with zero attached hydrogens (tertiary/aromatic N) is 8. The Morgan fingerprint density at radius 2 is 0.895 bits per heavy atom. The molecule has 0 radical (unpaired) electrons. The summed E-state index contributed by atoms with van der Waals surface area (Å²) in [7, 11) is 3.15. The summed E-state index contributed by atoms with van der Waals surface area (Å²) < 4.78 is 116. The molecule has 2 unspecified atom stereocenters. The molecule has 95 heavy (non-hydrogen) atoms. The summed E-state index contributed by atoms with van der Waals surface area (Å²) in [4.78, 5) is 30.1. The number of thiophene rings is 4. The van der Waals surface area contributed by atoms with Crippen molar-refractivity contribution in [2.24, 2.45) is 11.8 Å². The van der Waals surface area contributed by atoms with E-state index in [2.05, 4.69) is 36.8 Å². The highest BCUT2D eigenvalue weighted by Gasteiger charge is 2.39. The number of Topliss-reactive ketones (excluding diaryl/α,β-unsaturated/α-hetero) is 2. The molecule has 0 N–H and O–H groups in total. The van der Waals surface area contributed by atoms with E-state index in [1.54, 1.807) is 26.4 Å². The lowest BCUT2D eigenvalue weighted by Crippen LogP contribution is -2.13. The van der Waals surface area contributed by atoms with E-state index in [0.29, 0.717) is 71.8 Å². The second-order valence-electron chi connectivity index (χ2n) is 23.2. The molecule has 0 saturated heterocycles. The molecular formula is C70H62F4N8O8S5. The monoisotopic (exact) mass is 1380 g/mol. The third-order valence-corrected chi connectivity index (χ3v) is 23.0. The van der Waals surface area contributed by atoms with Crippen molar-refractivity contribution in [1.82, 2.24) is 17.9 Å². The fraction of sp³-hybridized carbons (Fsp3) is 0.371. The van der Waals surface area contributed by atoms with Crippen LogP contribution in [0.2, 0.25) is 0 Å². The summed E-state index contributed by atoms with van der Waals surface area (Å²) in [5, 5.41) is 43.0. The molecule has 7 aromatic heterocycles. The fourth-order valence-electron chi connectivity index (χ4n) is 12.9. The second-order valence-corrected chi connectivity index (χ2v) is 27.9. The zero-order valence-corrected chi connectivity index (χ0v) is 56.8. The summed E-state index contributed by atoms with van der Waals surface area (Å²) in [5.41, 5.74) is 3.26. The molecule has 10 aromatic rings. The molecular weight excluding hydrogens is 1320 g/mol. The van der Waals surface area contributed by atoms with Crippen LogP contribution in [0.1, 0.15) is 121 Å². The number of ether oxygens (including phenoxy) is 6. The lowest BCUT2D eigenvalue weighted by Gasteiger charge is -2.20. The van der Waals surface area contributed by atoms with Crippen LogP contribution in [0, 0.1) is 80.4 Å². The maximum atomic E-state index is 15.1. The molecule has 3 aromatic carbocycles. The van der Waals surface area contributed by atoms with Crippen molar-refractivity contribution in [3.8, 4) is 35.8 Å². The Balaban J connectivity index is 1.18. The lowest BCUT2D eigenvalue weighted by atomic mass is 9.99. The van der Waals surface area contributed by atoms with Gasteiger partial charge >= 0.3 is 0 Å². The molecule has 25 heteroatoms. The van der Waals surface area contributed by atoms with Crippen molar-refractivity contribution >= 4 is 164 Å². The number of methoxy groups -OCH3 is 2. The Morgan fingerprint density at radius 3 is 1.25 bits per heavy atom. The van der Waals surface area contributed by atoms with E-state index < -0.39 is 46.0 Å². The van der Waals surface area contributed by atoms with Crippen LogP contribution in [0.15, 0.2) is 46.6 Å². The van der Waals surface area contributed by atoms with E-state index in [1.807, 2.05) is 24.3 Å². The van der Waals surface area contributed by atoms with Crippen molar-refractivity contribution < 1.29 is 55.6 Å². The van der Waals surface area contributed by atoms with Crippen LogP contribution < -0.4 is 9.47 Å². The third-order valence-electron chi connectivity index (χ3n) is 17.6. The smallest absolute Gasteiger partial charge is 0.194 e. The first-order valence-corrected chi connectivity index (χ1v) is 35.3. The van der Waals surface area contributed by atoms with E-state index in [4.69, 9.17) is 37.2 Å². The number of unbranched alkanes of at least 4 members (excludes halogenated alkanes) is 2. The molecule has 7 heterocycles. The fourth-order valence-corrected chi connectivity index (χ4v) is 19.1. The van der Waals surface area contributed by atoms with Gasteiger partial charge in [-0.05, 0) is 72.2 Å². The van der Waals surface area contributed by atoms with Gasteiger partial charge in [0.2, 0.25) is 0 Å². The average Bonchev–Trinajstić information content (AvgIpc) is 1.51. The molecule has 0 aliphatic heterocycles. The number of hydrogen-bond donors (Lipinski definition) is 0. The molecule has 0 amide bonds. The molecule has 2 aliphatic carbocycles. The Bertz CT molecular complexity index is 4740. The van der Waals surface area contributed by atoms with Gasteiger partial charge in [0, 0.05) is 71.5 Å². The number of allylic oxidation sites excluding steroid dienone is 6. The van der Waals surface area contributed by atoms with Crippen LogP contribution in [0.25, 0.3) is 95.4 Å². The highest BCUT2D eigenvalue weighted by Crippen LogP contribution is 2.58. The number of carbonyl (C=O) groups excluding carboxylic acids is 2. The number of aromatic nitrogens is 4. The van der Waals surface area contributed by atoms with E-state index in [0.717, 1.165) is 148 Å². The number of carbonyl (C=O) groups is 2. The van der Waals surface area contributed by atoms with Gasteiger partial charge in [-0.15, -0.1) is 45.3 Å². The molecule has 0 bridgehead atoms. The molecule has 16 nitrogen and oxygen atoms in total. The van der Waals surface area contributed by atoms with E-state index in [1.165, 1.54) is 45.3 Å². The maximum absolute atomic E-state index is 15.1. The summed E-state index contributed by atoms with van der Waals surface area (Å²) in [6, 6.07) is 10.8. The quantitative estimate of drug-likeness (QED) is 0.0193.